The molecule has 0 bridgehead atoms. The highest BCUT2D eigenvalue weighted by atomic mass is 32.1. The van der Waals surface area contributed by atoms with Gasteiger partial charge in [-0.15, -0.1) is 11.3 Å². The van der Waals surface area contributed by atoms with Gasteiger partial charge in [0, 0.05) is 24.4 Å². The number of pyridine rings is 1. The molecular weight excluding hydrogens is 378 g/mol. The van der Waals surface area contributed by atoms with Gasteiger partial charge in [0.05, 0.1) is 32.7 Å². The van der Waals surface area contributed by atoms with Crippen LogP contribution in [0.3, 0.4) is 0 Å². The molecule has 1 aromatic carbocycles. The summed E-state index contributed by atoms with van der Waals surface area (Å²) >= 11 is 1.32. The largest absolute Gasteiger partial charge is 0.496 e. The van der Waals surface area contributed by atoms with Crippen LogP contribution in [0.25, 0.3) is 10.7 Å². The number of benzene rings is 1. The van der Waals surface area contributed by atoms with Crippen LogP contribution in [-0.2, 0) is 6.54 Å². The molecule has 0 radical (unpaired) electrons. The zero-order valence-electron chi connectivity index (χ0n) is 16.1. The number of aryl methyl sites for hydroxylation is 1. The lowest BCUT2D eigenvalue weighted by atomic mass is 10.1. The van der Waals surface area contributed by atoms with E-state index >= 15 is 0 Å². The van der Waals surface area contributed by atoms with Crippen molar-refractivity contribution in [2.45, 2.75) is 13.5 Å². The highest BCUT2D eigenvalue weighted by Crippen LogP contribution is 2.34. The molecule has 2 aromatic heterocycles. The molecule has 0 spiro atoms. The number of carbonyl (C=O) groups is 1. The van der Waals surface area contributed by atoms with Crippen molar-refractivity contribution in [1.29, 1.82) is 0 Å². The van der Waals surface area contributed by atoms with Crippen molar-refractivity contribution in [3.05, 3.63) is 52.7 Å². The zero-order chi connectivity index (χ0) is 20.1. The van der Waals surface area contributed by atoms with Crippen LogP contribution in [0.1, 0.15) is 20.9 Å². The van der Waals surface area contributed by atoms with Gasteiger partial charge in [-0.25, -0.2) is 4.98 Å². The van der Waals surface area contributed by atoms with Gasteiger partial charge in [0.1, 0.15) is 15.6 Å². The molecule has 28 heavy (non-hydrogen) atoms. The molecule has 0 saturated carbocycles. The third kappa shape index (κ3) is 4.07. The second-order valence-electron chi connectivity index (χ2n) is 5.85. The van der Waals surface area contributed by atoms with Gasteiger partial charge >= 0.3 is 0 Å². The number of nitrogens with one attached hydrogen (secondary N) is 1. The van der Waals surface area contributed by atoms with Crippen LogP contribution < -0.4 is 19.5 Å². The number of nitrogens with zero attached hydrogens (tertiary/aromatic N) is 2. The molecule has 1 amide bonds. The summed E-state index contributed by atoms with van der Waals surface area (Å²) in [6, 6.07) is 9.12. The van der Waals surface area contributed by atoms with Gasteiger partial charge in [0.25, 0.3) is 5.91 Å². The minimum Gasteiger partial charge on any atom is -0.496 e. The van der Waals surface area contributed by atoms with Gasteiger partial charge in [-0.3, -0.25) is 9.78 Å². The number of amides is 1. The summed E-state index contributed by atoms with van der Waals surface area (Å²) in [6.07, 6.45) is 1.70. The summed E-state index contributed by atoms with van der Waals surface area (Å²) in [4.78, 5) is 22.0. The summed E-state index contributed by atoms with van der Waals surface area (Å²) in [6.45, 7) is 2.09. The van der Waals surface area contributed by atoms with Crippen molar-refractivity contribution in [3.8, 4) is 28.0 Å². The Kier molecular flexibility index (Phi) is 6.10. The average Bonchev–Trinajstić information content (AvgIpc) is 3.13. The van der Waals surface area contributed by atoms with Crippen LogP contribution in [0.15, 0.2) is 36.5 Å². The molecular formula is C20H21N3O4S. The van der Waals surface area contributed by atoms with E-state index in [0.717, 1.165) is 11.3 Å². The molecule has 7 nitrogen and oxygen atoms in total. The summed E-state index contributed by atoms with van der Waals surface area (Å²) in [5, 5.41) is 3.63. The lowest BCUT2D eigenvalue weighted by molar-refractivity contribution is 0.0954. The number of ether oxygens (including phenoxy) is 3. The Labute approximate surface area is 167 Å². The van der Waals surface area contributed by atoms with Gasteiger partial charge in [0.2, 0.25) is 0 Å². The molecule has 146 valence electrons. The molecule has 3 aromatic rings. The van der Waals surface area contributed by atoms with E-state index in [-0.39, 0.29) is 12.5 Å². The number of hydrogen-bond acceptors (Lipinski definition) is 7. The lowest BCUT2D eigenvalue weighted by Crippen LogP contribution is -2.23. The van der Waals surface area contributed by atoms with Crippen molar-refractivity contribution in [2.75, 3.05) is 21.3 Å². The second kappa shape index (κ2) is 8.71. The third-order valence-electron chi connectivity index (χ3n) is 4.11. The molecule has 2 heterocycles. The monoisotopic (exact) mass is 399 g/mol. The first kappa shape index (κ1) is 19.6. The number of carbonyl (C=O) groups excluding carboxylic acids is 1. The summed E-state index contributed by atoms with van der Waals surface area (Å²) in [5.74, 6) is 1.54. The minimum atomic E-state index is -0.200. The quantitative estimate of drug-likeness (QED) is 0.655. The Morgan fingerprint density at radius 3 is 2.43 bits per heavy atom. The first-order chi connectivity index (χ1) is 13.6. The van der Waals surface area contributed by atoms with Crippen LogP contribution in [0.5, 0.6) is 17.2 Å². The maximum Gasteiger partial charge on any atom is 0.263 e. The van der Waals surface area contributed by atoms with E-state index in [9.17, 15) is 4.79 Å². The molecule has 0 unspecified atom stereocenters. The van der Waals surface area contributed by atoms with E-state index in [4.69, 9.17) is 14.2 Å². The molecule has 0 aliphatic heterocycles. The predicted molar refractivity (Wildman–Crippen MR) is 107 cm³/mol. The van der Waals surface area contributed by atoms with E-state index in [2.05, 4.69) is 15.3 Å². The Morgan fingerprint density at radius 2 is 1.79 bits per heavy atom. The van der Waals surface area contributed by atoms with Crippen molar-refractivity contribution < 1.29 is 19.0 Å². The molecule has 0 aliphatic carbocycles. The van der Waals surface area contributed by atoms with Crippen LogP contribution in [-0.4, -0.2) is 37.2 Å². The van der Waals surface area contributed by atoms with E-state index < -0.39 is 0 Å². The van der Waals surface area contributed by atoms with Crippen LogP contribution >= 0.6 is 11.3 Å². The van der Waals surface area contributed by atoms with E-state index in [1.165, 1.54) is 11.3 Å². The van der Waals surface area contributed by atoms with Crippen molar-refractivity contribution in [3.63, 3.8) is 0 Å². The maximum atomic E-state index is 12.7. The molecule has 8 heteroatoms. The van der Waals surface area contributed by atoms with Crippen molar-refractivity contribution >= 4 is 17.2 Å². The van der Waals surface area contributed by atoms with E-state index in [0.29, 0.717) is 32.8 Å². The number of aromatic nitrogens is 2. The second-order valence-corrected chi connectivity index (χ2v) is 6.85. The van der Waals surface area contributed by atoms with Gasteiger partial charge < -0.3 is 19.5 Å². The van der Waals surface area contributed by atoms with Crippen molar-refractivity contribution in [1.82, 2.24) is 15.3 Å². The van der Waals surface area contributed by atoms with Crippen molar-refractivity contribution in [2.24, 2.45) is 0 Å². The fraction of sp³-hybridized carbons (Fsp3) is 0.250. The predicted octanol–water partition coefficient (Wildman–Crippen LogP) is 3.47. The van der Waals surface area contributed by atoms with Crippen LogP contribution in [0.4, 0.5) is 0 Å². The van der Waals surface area contributed by atoms with E-state index in [1.807, 2.05) is 25.1 Å². The lowest BCUT2D eigenvalue weighted by Gasteiger charge is -2.14. The van der Waals surface area contributed by atoms with Gasteiger partial charge in [-0.2, -0.15) is 0 Å². The zero-order valence-corrected chi connectivity index (χ0v) is 16.9. The number of rotatable bonds is 7. The topological polar surface area (TPSA) is 82.6 Å². The molecule has 0 saturated heterocycles. The normalized spacial score (nSPS) is 10.4. The minimum absolute atomic E-state index is 0.200. The highest BCUT2D eigenvalue weighted by molar-refractivity contribution is 7.17. The van der Waals surface area contributed by atoms with Gasteiger partial charge in [-0.05, 0) is 25.1 Å². The first-order valence-corrected chi connectivity index (χ1v) is 9.35. The van der Waals surface area contributed by atoms with Crippen LogP contribution in [0.2, 0.25) is 0 Å². The van der Waals surface area contributed by atoms with Gasteiger partial charge in [-0.1, -0.05) is 6.07 Å². The molecule has 3 rings (SSSR count). The number of methoxy groups -OCH3 is 3. The summed E-state index contributed by atoms with van der Waals surface area (Å²) in [7, 11) is 4.69. The average molecular weight is 399 g/mol. The number of thiazole rings is 1. The molecule has 0 aliphatic rings. The standard InChI is InChI=1S/C20H21N3O4S/c1-12-18(28-20(23-12)14-7-5-6-8-21-14)19(24)22-11-13-9-16(26-3)17(27-4)10-15(13)25-2/h5-10H,11H2,1-4H3,(H,22,24). The Morgan fingerprint density at radius 1 is 1.07 bits per heavy atom. The van der Waals surface area contributed by atoms with E-state index in [1.54, 1.807) is 39.7 Å². The highest BCUT2D eigenvalue weighted by Gasteiger charge is 2.18. The maximum absolute atomic E-state index is 12.7. The SMILES string of the molecule is COc1cc(OC)c(OC)cc1CNC(=O)c1sc(-c2ccccn2)nc1C. The van der Waals surface area contributed by atoms with Gasteiger partial charge in [0.15, 0.2) is 11.5 Å². The summed E-state index contributed by atoms with van der Waals surface area (Å²) in [5.41, 5.74) is 2.19. The Balaban J connectivity index is 1.79. The molecule has 0 atom stereocenters. The molecule has 1 N–H and O–H groups in total. The Hall–Kier alpha value is -3.13. The Bertz CT molecular complexity index is 973. The fourth-order valence-electron chi connectivity index (χ4n) is 2.69. The molecule has 0 fully saturated rings. The fourth-order valence-corrected chi connectivity index (χ4v) is 3.65. The summed E-state index contributed by atoms with van der Waals surface area (Å²) < 4.78 is 16.0. The smallest absolute Gasteiger partial charge is 0.263 e. The first-order valence-electron chi connectivity index (χ1n) is 8.53. The number of hydrogen-bond donors (Lipinski definition) is 1. The third-order valence-corrected chi connectivity index (χ3v) is 5.29. The van der Waals surface area contributed by atoms with Crippen LogP contribution in [0, 0.1) is 6.92 Å².